The van der Waals surface area contributed by atoms with E-state index in [2.05, 4.69) is 15.6 Å². The van der Waals surface area contributed by atoms with Crippen molar-refractivity contribution in [1.29, 1.82) is 0 Å². The lowest BCUT2D eigenvalue weighted by Crippen LogP contribution is -2.36. The van der Waals surface area contributed by atoms with Crippen LogP contribution < -0.4 is 10.6 Å². The third kappa shape index (κ3) is 4.57. The van der Waals surface area contributed by atoms with Gasteiger partial charge >= 0.3 is 0 Å². The number of carbonyl (C=O) groups is 2. The van der Waals surface area contributed by atoms with Gasteiger partial charge < -0.3 is 10.6 Å². The molecule has 0 aliphatic heterocycles. The zero-order chi connectivity index (χ0) is 17.6. The Balaban J connectivity index is 1.69. The van der Waals surface area contributed by atoms with Crippen LogP contribution in [-0.2, 0) is 0 Å². The molecule has 2 amide bonds. The van der Waals surface area contributed by atoms with Crippen molar-refractivity contribution in [2.75, 3.05) is 5.32 Å². The number of hydrogen-bond donors (Lipinski definition) is 2. The summed E-state index contributed by atoms with van der Waals surface area (Å²) >= 11 is 6.05. The van der Waals surface area contributed by atoms with Gasteiger partial charge in [-0.05, 0) is 37.1 Å². The summed E-state index contributed by atoms with van der Waals surface area (Å²) in [4.78, 5) is 28.9. The quantitative estimate of drug-likeness (QED) is 0.867. The van der Waals surface area contributed by atoms with Crippen molar-refractivity contribution in [3.8, 4) is 0 Å². The maximum Gasteiger partial charge on any atom is 0.270 e. The Labute approximate surface area is 151 Å². The monoisotopic (exact) mass is 357 g/mol. The lowest BCUT2D eigenvalue weighted by Gasteiger charge is -2.22. The summed E-state index contributed by atoms with van der Waals surface area (Å²) in [6, 6.07) is 10.3. The fraction of sp³-hybridized carbons (Fsp3) is 0.316. The highest BCUT2D eigenvalue weighted by Gasteiger charge is 2.18. The highest BCUT2D eigenvalue weighted by atomic mass is 35.5. The molecule has 0 atom stereocenters. The molecule has 2 N–H and O–H groups in total. The van der Waals surface area contributed by atoms with Crippen molar-refractivity contribution < 1.29 is 9.59 Å². The average Bonchev–Trinajstić information content (AvgIpc) is 2.64. The summed E-state index contributed by atoms with van der Waals surface area (Å²) in [5.41, 5.74) is 1.14. The SMILES string of the molecule is O=C(Nc1ccccc1Cl)c1ccnc(C(=O)NC2CCCCC2)c1. The number of aromatic nitrogens is 1. The lowest BCUT2D eigenvalue weighted by atomic mass is 9.95. The summed E-state index contributed by atoms with van der Waals surface area (Å²) in [5, 5.41) is 6.21. The topological polar surface area (TPSA) is 71.1 Å². The third-order valence-electron chi connectivity index (χ3n) is 4.32. The second-order valence-corrected chi connectivity index (χ2v) is 6.58. The van der Waals surface area contributed by atoms with E-state index in [0.717, 1.165) is 25.7 Å². The first-order chi connectivity index (χ1) is 12.1. The standard InChI is InChI=1S/C19H20ClN3O2/c20-15-8-4-5-9-16(15)23-18(24)13-10-11-21-17(12-13)19(25)22-14-6-2-1-3-7-14/h4-5,8-12,14H,1-3,6-7H2,(H,22,25)(H,23,24). The normalized spacial score (nSPS) is 14.8. The van der Waals surface area contributed by atoms with Crippen molar-refractivity contribution in [2.24, 2.45) is 0 Å². The molecule has 0 bridgehead atoms. The number of anilines is 1. The van der Waals surface area contributed by atoms with Gasteiger partial charge in [-0.1, -0.05) is 43.0 Å². The Morgan fingerprint density at radius 2 is 1.80 bits per heavy atom. The van der Waals surface area contributed by atoms with Gasteiger partial charge in [0, 0.05) is 17.8 Å². The number of para-hydroxylation sites is 1. The fourth-order valence-electron chi connectivity index (χ4n) is 2.96. The van der Waals surface area contributed by atoms with Gasteiger partial charge in [0.25, 0.3) is 11.8 Å². The van der Waals surface area contributed by atoms with Crippen molar-refractivity contribution in [3.05, 3.63) is 58.9 Å². The number of nitrogens with one attached hydrogen (secondary N) is 2. The predicted octanol–water partition coefficient (Wildman–Crippen LogP) is 4.05. The van der Waals surface area contributed by atoms with Crippen LogP contribution in [0.3, 0.4) is 0 Å². The van der Waals surface area contributed by atoms with Gasteiger partial charge in [-0.2, -0.15) is 0 Å². The summed E-state index contributed by atoms with van der Waals surface area (Å²) in [6.07, 6.45) is 6.97. The van der Waals surface area contributed by atoms with Gasteiger partial charge in [-0.3, -0.25) is 14.6 Å². The number of nitrogens with zero attached hydrogens (tertiary/aromatic N) is 1. The van der Waals surface area contributed by atoms with E-state index >= 15 is 0 Å². The van der Waals surface area contributed by atoms with Crippen molar-refractivity contribution in [3.63, 3.8) is 0 Å². The molecule has 130 valence electrons. The number of benzene rings is 1. The van der Waals surface area contributed by atoms with Crippen LogP contribution in [0.1, 0.15) is 53.0 Å². The maximum atomic E-state index is 12.4. The van der Waals surface area contributed by atoms with Crippen LogP contribution in [0.5, 0.6) is 0 Å². The van der Waals surface area contributed by atoms with Gasteiger partial charge in [0.05, 0.1) is 10.7 Å². The molecule has 6 heteroatoms. The fourth-order valence-corrected chi connectivity index (χ4v) is 3.14. The molecule has 0 unspecified atom stereocenters. The Hall–Kier alpha value is -2.40. The van der Waals surface area contributed by atoms with Crippen LogP contribution in [0.4, 0.5) is 5.69 Å². The molecule has 25 heavy (non-hydrogen) atoms. The summed E-state index contributed by atoms with van der Waals surface area (Å²) in [6.45, 7) is 0. The molecule has 0 radical (unpaired) electrons. The first-order valence-electron chi connectivity index (χ1n) is 8.46. The predicted molar refractivity (Wildman–Crippen MR) is 98.0 cm³/mol. The minimum Gasteiger partial charge on any atom is -0.348 e. The Bertz CT molecular complexity index is 773. The van der Waals surface area contributed by atoms with E-state index in [1.165, 1.54) is 18.7 Å². The molecule has 1 fully saturated rings. The van der Waals surface area contributed by atoms with Crippen molar-refractivity contribution in [1.82, 2.24) is 10.3 Å². The Morgan fingerprint density at radius 3 is 2.56 bits per heavy atom. The van der Waals surface area contributed by atoms with E-state index in [-0.39, 0.29) is 23.6 Å². The highest BCUT2D eigenvalue weighted by molar-refractivity contribution is 6.33. The van der Waals surface area contributed by atoms with Crippen LogP contribution in [0, 0.1) is 0 Å². The molecule has 3 rings (SSSR count). The van der Waals surface area contributed by atoms with Gasteiger partial charge in [0.15, 0.2) is 0 Å². The third-order valence-corrected chi connectivity index (χ3v) is 4.65. The van der Waals surface area contributed by atoms with Crippen molar-refractivity contribution in [2.45, 2.75) is 38.1 Å². The Morgan fingerprint density at radius 1 is 1.04 bits per heavy atom. The Kier molecular flexibility index (Phi) is 5.66. The number of amides is 2. The van der Waals surface area contributed by atoms with E-state index in [0.29, 0.717) is 16.3 Å². The number of halogens is 1. The zero-order valence-corrected chi connectivity index (χ0v) is 14.6. The number of pyridine rings is 1. The van der Waals surface area contributed by atoms with E-state index in [4.69, 9.17) is 11.6 Å². The van der Waals surface area contributed by atoms with Crippen LogP contribution in [0.2, 0.25) is 5.02 Å². The molecule has 1 saturated carbocycles. The molecule has 2 aromatic rings. The van der Waals surface area contributed by atoms with Crippen LogP contribution in [0.15, 0.2) is 42.6 Å². The number of rotatable bonds is 4. The molecule has 1 aliphatic carbocycles. The minimum absolute atomic E-state index is 0.198. The highest BCUT2D eigenvalue weighted by Crippen LogP contribution is 2.21. The molecular weight excluding hydrogens is 338 g/mol. The zero-order valence-electron chi connectivity index (χ0n) is 13.8. The molecular formula is C19H20ClN3O2. The molecule has 1 aromatic carbocycles. The molecule has 1 aromatic heterocycles. The van der Waals surface area contributed by atoms with Gasteiger partial charge in [0.1, 0.15) is 5.69 Å². The second kappa shape index (κ2) is 8.12. The average molecular weight is 358 g/mol. The van der Waals surface area contributed by atoms with E-state index in [9.17, 15) is 9.59 Å². The van der Waals surface area contributed by atoms with Gasteiger partial charge in [-0.25, -0.2) is 0 Å². The van der Waals surface area contributed by atoms with E-state index in [1.807, 2.05) is 0 Å². The minimum atomic E-state index is -0.331. The summed E-state index contributed by atoms with van der Waals surface area (Å²) < 4.78 is 0. The summed E-state index contributed by atoms with van der Waals surface area (Å²) in [7, 11) is 0. The smallest absolute Gasteiger partial charge is 0.270 e. The molecule has 1 heterocycles. The van der Waals surface area contributed by atoms with E-state index < -0.39 is 0 Å². The second-order valence-electron chi connectivity index (χ2n) is 6.17. The largest absolute Gasteiger partial charge is 0.348 e. The summed E-state index contributed by atoms with van der Waals surface area (Å²) in [5.74, 6) is -0.568. The first kappa shape index (κ1) is 17.4. The molecule has 0 spiro atoms. The number of hydrogen-bond acceptors (Lipinski definition) is 3. The number of carbonyl (C=O) groups excluding carboxylic acids is 2. The first-order valence-corrected chi connectivity index (χ1v) is 8.84. The van der Waals surface area contributed by atoms with Crippen molar-refractivity contribution >= 4 is 29.1 Å². The molecule has 0 saturated heterocycles. The lowest BCUT2D eigenvalue weighted by molar-refractivity contribution is 0.0922. The molecule has 5 nitrogen and oxygen atoms in total. The maximum absolute atomic E-state index is 12.4. The van der Waals surface area contributed by atoms with Crippen LogP contribution in [-0.4, -0.2) is 22.8 Å². The van der Waals surface area contributed by atoms with Crippen LogP contribution in [0.25, 0.3) is 0 Å². The molecule has 1 aliphatic rings. The van der Waals surface area contributed by atoms with Gasteiger partial charge in [-0.15, -0.1) is 0 Å². The van der Waals surface area contributed by atoms with E-state index in [1.54, 1.807) is 30.3 Å². The van der Waals surface area contributed by atoms with Gasteiger partial charge in [0.2, 0.25) is 0 Å². The van der Waals surface area contributed by atoms with Crippen LogP contribution >= 0.6 is 11.6 Å².